The first kappa shape index (κ1) is 14.8. The third kappa shape index (κ3) is 3.08. The molecule has 2 N–H and O–H groups in total. The lowest BCUT2D eigenvalue weighted by molar-refractivity contribution is -0.150. The molecule has 20 heavy (non-hydrogen) atoms. The van der Waals surface area contributed by atoms with E-state index in [2.05, 4.69) is 22.2 Å². The van der Waals surface area contributed by atoms with Crippen molar-refractivity contribution in [3.63, 3.8) is 0 Å². The van der Waals surface area contributed by atoms with Gasteiger partial charge in [0.2, 0.25) is 0 Å². The summed E-state index contributed by atoms with van der Waals surface area (Å²) in [5, 5.41) is 12.8. The number of hydrogen-bond acceptors (Lipinski definition) is 4. The van der Waals surface area contributed by atoms with E-state index in [0.717, 1.165) is 37.1 Å². The Labute approximate surface area is 119 Å². The summed E-state index contributed by atoms with van der Waals surface area (Å²) in [4.78, 5) is 20.3. The van der Waals surface area contributed by atoms with E-state index in [1.807, 2.05) is 13.8 Å². The number of carboxylic acids is 1. The fourth-order valence-electron chi connectivity index (χ4n) is 2.74. The highest BCUT2D eigenvalue weighted by molar-refractivity contribution is 5.75. The van der Waals surface area contributed by atoms with Crippen molar-refractivity contribution in [2.45, 2.75) is 46.5 Å². The third-order valence-corrected chi connectivity index (χ3v) is 4.36. The lowest BCUT2D eigenvalue weighted by Gasteiger charge is -2.36. The molecule has 5 heteroatoms. The van der Waals surface area contributed by atoms with Crippen LogP contribution in [0.1, 0.15) is 44.0 Å². The highest BCUT2D eigenvalue weighted by atomic mass is 16.4. The molecular formula is C15H23N3O2. The molecule has 0 atom stereocenters. The van der Waals surface area contributed by atoms with Crippen molar-refractivity contribution < 1.29 is 9.90 Å². The van der Waals surface area contributed by atoms with Crippen LogP contribution < -0.4 is 5.32 Å². The summed E-state index contributed by atoms with van der Waals surface area (Å²) in [7, 11) is 0. The van der Waals surface area contributed by atoms with E-state index >= 15 is 0 Å². The number of anilines is 1. The molecule has 1 aliphatic carbocycles. The van der Waals surface area contributed by atoms with Crippen LogP contribution in [0.2, 0.25) is 0 Å². The van der Waals surface area contributed by atoms with Gasteiger partial charge in [-0.2, -0.15) is 0 Å². The minimum absolute atomic E-state index is 0.425. The van der Waals surface area contributed by atoms with E-state index in [-0.39, 0.29) is 0 Å². The van der Waals surface area contributed by atoms with Crippen LogP contribution in [-0.4, -0.2) is 27.6 Å². The zero-order valence-corrected chi connectivity index (χ0v) is 12.4. The lowest BCUT2D eigenvalue weighted by Crippen LogP contribution is -2.41. The molecule has 0 bridgehead atoms. The van der Waals surface area contributed by atoms with Gasteiger partial charge in [-0.15, -0.1) is 0 Å². The van der Waals surface area contributed by atoms with Gasteiger partial charge in [0.1, 0.15) is 5.82 Å². The van der Waals surface area contributed by atoms with Crippen molar-refractivity contribution in [3.05, 3.63) is 17.6 Å². The first-order chi connectivity index (χ1) is 9.43. The van der Waals surface area contributed by atoms with Gasteiger partial charge in [0.05, 0.1) is 16.8 Å². The Morgan fingerprint density at radius 1 is 1.45 bits per heavy atom. The fourth-order valence-corrected chi connectivity index (χ4v) is 2.74. The molecule has 0 aromatic carbocycles. The molecule has 1 heterocycles. The normalized spacial score (nSPS) is 26.2. The van der Waals surface area contributed by atoms with Gasteiger partial charge in [-0.3, -0.25) is 9.78 Å². The molecular weight excluding hydrogens is 254 g/mol. The van der Waals surface area contributed by atoms with Gasteiger partial charge in [0.15, 0.2) is 0 Å². The molecule has 0 radical (unpaired) electrons. The maximum Gasteiger partial charge on any atom is 0.311 e. The zero-order valence-electron chi connectivity index (χ0n) is 12.4. The Morgan fingerprint density at radius 3 is 2.70 bits per heavy atom. The predicted molar refractivity (Wildman–Crippen MR) is 77.7 cm³/mol. The highest BCUT2D eigenvalue weighted by Gasteiger charge is 2.41. The fraction of sp³-hybridized carbons (Fsp3) is 0.667. The van der Waals surface area contributed by atoms with Crippen LogP contribution in [0.15, 0.2) is 6.20 Å². The van der Waals surface area contributed by atoms with Crippen molar-refractivity contribution in [3.8, 4) is 0 Å². The van der Waals surface area contributed by atoms with Crippen LogP contribution in [0.4, 0.5) is 5.82 Å². The largest absolute Gasteiger partial charge is 0.481 e. The van der Waals surface area contributed by atoms with Crippen molar-refractivity contribution in [2.75, 3.05) is 11.9 Å². The number of hydrogen-bond donors (Lipinski definition) is 2. The van der Waals surface area contributed by atoms with E-state index in [1.165, 1.54) is 0 Å². The van der Waals surface area contributed by atoms with E-state index in [9.17, 15) is 9.90 Å². The van der Waals surface area contributed by atoms with Crippen LogP contribution >= 0.6 is 0 Å². The molecule has 0 spiro atoms. The number of nitrogens with zero attached hydrogens (tertiary/aromatic N) is 2. The molecule has 1 aromatic heterocycles. The zero-order chi connectivity index (χ0) is 14.8. The first-order valence-electron chi connectivity index (χ1n) is 7.20. The Balaban J connectivity index is 2.10. The number of aliphatic carboxylic acids is 1. The Morgan fingerprint density at radius 2 is 2.10 bits per heavy atom. The van der Waals surface area contributed by atoms with Crippen LogP contribution in [-0.2, 0) is 4.79 Å². The maximum atomic E-state index is 11.7. The third-order valence-electron chi connectivity index (χ3n) is 4.36. The van der Waals surface area contributed by atoms with E-state index < -0.39 is 11.4 Å². The van der Waals surface area contributed by atoms with Crippen molar-refractivity contribution in [1.29, 1.82) is 0 Å². The molecule has 0 unspecified atom stereocenters. The molecule has 2 rings (SSSR count). The Bertz CT molecular complexity index is 494. The van der Waals surface area contributed by atoms with Crippen molar-refractivity contribution >= 4 is 11.8 Å². The number of carboxylic acid groups (broad SMARTS) is 1. The van der Waals surface area contributed by atoms with Gasteiger partial charge in [-0.05, 0) is 45.4 Å². The summed E-state index contributed by atoms with van der Waals surface area (Å²) in [6, 6.07) is 0. The summed E-state index contributed by atoms with van der Waals surface area (Å²) < 4.78 is 0. The van der Waals surface area contributed by atoms with Crippen LogP contribution in [0.5, 0.6) is 0 Å². The molecule has 0 amide bonds. The van der Waals surface area contributed by atoms with Crippen molar-refractivity contribution in [2.24, 2.45) is 11.3 Å². The van der Waals surface area contributed by atoms with E-state index in [4.69, 9.17) is 0 Å². The topological polar surface area (TPSA) is 75.1 Å². The first-order valence-corrected chi connectivity index (χ1v) is 7.20. The molecule has 110 valence electrons. The second-order valence-electron chi connectivity index (χ2n) is 6.07. The van der Waals surface area contributed by atoms with Crippen molar-refractivity contribution in [1.82, 2.24) is 9.97 Å². The summed E-state index contributed by atoms with van der Waals surface area (Å²) >= 11 is 0. The molecule has 1 aromatic rings. The molecule has 0 aliphatic heterocycles. The van der Waals surface area contributed by atoms with E-state index in [0.29, 0.717) is 18.3 Å². The van der Waals surface area contributed by atoms with Crippen LogP contribution in [0.3, 0.4) is 0 Å². The Kier molecular flexibility index (Phi) is 4.26. The maximum absolute atomic E-state index is 11.7. The van der Waals surface area contributed by atoms with Crippen LogP contribution in [0, 0.1) is 25.2 Å². The minimum Gasteiger partial charge on any atom is -0.481 e. The number of aromatic nitrogens is 2. The molecule has 1 fully saturated rings. The van der Waals surface area contributed by atoms with Gasteiger partial charge in [-0.25, -0.2) is 4.98 Å². The van der Waals surface area contributed by atoms with Gasteiger partial charge >= 0.3 is 5.97 Å². The summed E-state index contributed by atoms with van der Waals surface area (Å²) in [5.74, 6) is 0.627. The molecule has 1 aliphatic rings. The second kappa shape index (κ2) is 5.77. The summed E-state index contributed by atoms with van der Waals surface area (Å²) in [5.41, 5.74) is 0.977. The van der Waals surface area contributed by atoms with Crippen LogP contribution in [0.25, 0.3) is 0 Å². The number of rotatable bonds is 4. The molecule has 0 saturated heterocycles. The van der Waals surface area contributed by atoms with Gasteiger partial charge in [0.25, 0.3) is 0 Å². The standard InChI is InChI=1S/C15H23N3O2/c1-10-4-6-15(7-5-10,14(19)20)9-17-13-12(3)16-8-11(2)18-13/h8,10H,4-7,9H2,1-3H3,(H,17,18)(H,19,20). The summed E-state index contributed by atoms with van der Waals surface area (Å²) in [6.07, 6.45) is 5.14. The van der Waals surface area contributed by atoms with Gasteiger partial charge in [-0.1, -0.05) is 6.92 Å². The SMILES string of the molecule is Cc1cnc(C)c(NCC2(C(=O)O)CCC(C)CC2)n1. The quantitative estimate of drug-likeness (QED) is 0.885. The number of nitrogens with one attached hydrogen (secondary N) is 1. The average Bonchev–Trinajstić information content (AvgIpc) is 2.42. The minimum atomic E-state index is -0.699. The molecule has 5 nitrogen and oxygen atoms in total. The predicted octanol–water partition coefficient (Wildman–Crippen LogP) is 2.79. The highest BCUT2D eigenvalue weighted by Crippen LogP contribution is 2.39. The smallest absolute Gasteiger partial charge is 0.311 e. The van der Waals surface area contributed by atoms with Gasteiger partial charge < -0.3 is 10.4 Å². The second-order valence-corrected chi connectivity index (χ2v) is 6.07. The molecule has 1 saturated carbocycles. The van der Waals surface area contributed by atoms with Gasteiger partial charge in [0, 0.05) is 12.7 Å². The monoisotopic (exact) mass is 277 g/mol. The lowest BCUT2D eigenvalue weighted by atomic mass is 9.71. The number of aryl methyl sites for hydroxylation is 2. The Hall–Kier alpha value is -1.65. The number of carbonyl (C=O) groups is 1. The average molecular weight is 277 g/mol. The van der Waals surface area contributed by atoms with E-state index in [1.54, 1.807) is 6.20 Å². The summed E-state index contributed by atoms with van der Waals surface area (Å²) in [6.45, 7) is 6.38.